The molecule has 1 aliphatic carbocycles. The molecule has 1 heteroatoms. The molecule has 0 aromatic rings. The maximum atomic E-state index is 5.87. The summed E-state index contributed by atoms with van der Waals surface area (Å²) < 4.78 is 5.87. The summed E-state index contributed by atoms with van der Waals surface area (Å²) in [5.41, 5.74) is 0. The Balaban J connectivity index is 2.00. The highest BCUT2D eigenvalue weighted by Crippen LogP contribution is 2.25. The van der Waals surface area contributed by atoms with Crippen LogP contribution in [0.4, 0.5) is 0 Å². The lowest BCUT2D eigenvalue weighted by Gasteiger charge is -2.16. The summed E-state index contributed by atoms with van der Waals surface area (Å²) in [4.78, 5) is 0. The van der Waals surface area contributed by atoms with Gasteiger partial charge in [0.1, 0.15) is 0 Å². The summed E-state index contributed by atoms with van der Waals surface area (Å²) in [6, 6.07) is 0. The van der Waals surface area contributed by atoms with E-state index in [1.54, 1.807) is 0 Å². The van der Waals surface area contributed by atoms with Gasteiger partial charge in [-0.25, -0.2) is 0 Å². The van der Waals surface area contributed by atoms with E-state index < -0.39 is 0 Å². The normalized spacial score (nSPS) is 19.6. The van der Waals surface area contributed by atoms with Crippen molar-refractivity contribution in [1.29, 1.82) is 0 Å². The van der Waals surface area contributed by atoms with Crippen LogP contribution in [0.2, 0.25) is 0 Å². The van der Waals surface area contributed by atoms with Gasteiger partial charge in [-0.2, -0.15) is 0 Å². The molecular formula is C14H28O. The average molecular weight is 212 g/mol. The Kier molecular flexibility index (Phi) is 7.08. The van der Waals surface area contributed by atoms with Crippen molar-refractivity contribution in [2.24, 2.45) is 11.8 Å². The van der Waals surface area contributed by atoms with Crippen molar-refractivity contribution in [2.75, 3.05) is 13.2 Å². The van der Waals surface area contributed by atoms with Gasteiger partial charge in [0.25, 0.3) is 0 Å². The molecule has 0 amide bonds. The number of hydrogen-bond donors (Lipinski definition) is 0. The van der Waals surface area contributed by atoms with Crippen LogP contribution in [0.5, 0.6) is 0 Å². The van der Waals surface area contributed by atoms with Crippen molar-refractivity contribution in [1.82, 2.24) is 0 Å². The van der Waals surface area contributed by atoms with Crippen LogP contribution in [-0.2, 0) is 4.74 Å². The molecule has 1 saturated carbocycles. The monoisotopic (exact) mass is 212 g/mol. The molecule has 1 atom stereocenters. The zero-order valence-electron chi connectivity index (χ0n) is 10.6. The van der Waals surface area contributed by atoms with E-state index in [1.165, 1.54) is 51.4 Å². The largest absolute Gasteiger partial charge is 0.381 e. The van der Waals surface area contributed by atoms with E-state index in [4.69, 9.17) is 4.74 Å². The Morgan fingerprint density at radius 3 is 2.53 bits per heavy atom. The zero-order valence-corrected chi connectivity index (χ0v) is 10.6. The maximum absolute atomic E-state index is 5.87. The molecule has 1 aliphatic rings. The van der Waals surface area contributed by atoms with Gasteiger partial charge in [-0.3, -0.25) is 0 Å². The molecule has 90 valence electrons. The van der Waals surface area contributed by atoms with E-state index in [2.05, 4.69) is 13.8 Å². The Hall–Kier alpha value is -0.0400. The van der Waals surface area contributed by atoms with Crippen LogP contribution in [0, 0.1) is 11.8 Å². The van der Waals surface area contributed by atoms with E-state index in [9.17, 15) is 0 Å². The van der Waals surface area contributed by atoms with E-state index in [0.717, 1.165) is 25.0 Å². The maximum Gasteiger partial charge on any atom is 0.0494 e. The van der Waals surface area contributed by atoms with Crippen molar-refractivity contribution in [3.8, 4) is 0 Å². The highest BCUT2D eigenvalue weighted by molar-refractivity contribution is 4.66. The van der Waals surface area contributed by atoms with Crippen LogP contribution in [0.15, 0.2) is 0 Å². The highest BCUT2D eigenvalue weighted by atomic mass is 16.5. The molecule has 1 unspecified atom stereocenters. The topological polar surface area (TPSA) is 9.23 Å². The zero-order chi connectivity index (χ0) is 10.9. The fourth-order valence-corrected chi connectivity index (χ4v) is 2.48. The predicted molar refractivity (Wildman–Crippen MR) is 66.1 cm³/mol. The number of rotatable bonds is 8. The van der Waals surface area contributed by atoms with E-state index in [-0.39, 0.29) is 0 Å². The van der Waals surface area contributed by atoms with Gasteiger partial charge in [-0.1, -0.05) is 46.0 Å². The van der Waals surface area contributed by atoms with Gasteiger partial charge in [-0.05, 0) is 31.1 Å². The first-order valence-corrected chi connectivity index (χ1v) is 6.94. The minimum Gasteiger partial charge on any atom is -0.381 e. The lowest BCUT2D eigenvalue weighted by molar-refractivity contribution is 0.0685. The summed E-state index contributed by atoms with van der Waals surface area (Å²) in [5, 5.41) is 0. The summed E-state index contributed by atoms with van der Waals surface area (Å²) in [6.07, 6.45) is 11.0. The third-order valence-corrected chi connectivity index (χ3v) is 3.73. The second-order valence-electron chi connectivity index (χ2n) is 5.10. The Morgan fingerprint density at radius 1 is 1.20 bits per heavy atom. The molecule has 0 saturated heterocycles. The van der Waals surface area contributed by atoms with Crippen molar-refractivity contribution in [3.05, 3.63) is 0 Å². The number of ether oxygens (including phenoxy) is 1. The van der Waals surface area contributed by atoms with Gasteiger partial charge in [-0.15, -0.1) is 0 Å². The molecule has 1 rings (SSSR count). The number of unbranched alkanes of at least 4 members (excludes halogenated alkanes) is 1. The second-order valence-corrected chi connectivity index (χ2v) is 5.10. The SMILES string of the molecule is CCCCC(CC)COCC1CCCC1. The van der Waals surface area contributed by atoms with Crippen LogP contribution in [0.1, 0.15) is 65.2 Å². The van der Waals surface area contributed by atoms with Crippen molar-refractivity contribution in [2.45, 2.75) is 65.2 Å². The quantitative estimate of drug-likeness (QED) is 0.579. The first-order chi connectivity index (χ1) is 7.36. The smallest absolute Gasteiger partial charge is 0.0494 e. The minimum atomic E-state index is 0.811. The molecule has 1 nitrogen and oxygen atoms in total. The molecule has 15 heavy (non-hydrogen) atoms. The third kappa shape index (κ3) is 5.55. The first-order valence-electron chi connectivity index (χ1n) is 6.94. The van der Waals surface area contributed by atoms with Gasteiger partial charge in [0, 0.05) is 13.2 Å². The Bertz CT molecular complexity index is 138. The van der Waals surface area contributed by atoms with Gasteiger partial charge in [0.2, 0.25) is 0 Å². The predicted octanol–water partition coefficient (Wildman–Crippen LogP) is 4.41. The van der Waals surface area contributed by atoms with Crippen molar-refractivity contribution >= 4 is 0 Å². The lowest BCUT2D eigenvalue weighted by atomic mass is 10.0. The third-order valence-electron chi connectivity index (χ3n) is 3.73. The van der Waals surface area contributed by atoms with Crippen LogP contribution in [0.3, 0.4) is 0 Å². The van der Waals surface area contributed by atoms with Crippen molar-refractivity contribution < 1.29 is 4.74 Å². The fraction of sp³-hybridized carbons (Fsp3) is 1.00. The standard InChI is InChI=1S/C14H28O/c1-3-5-8-13(4-2)11-15-12-14-9-6-7-10-14/h13-14H,3-12H2,1-2H3. The molecule has 0 N–H and O–H groups in total. The van der Waals surface area contributed by atoms with E-state index in [0.29, 0.717) is 0 Å². The van der Waals surface area contributed by atoms with Crippen molar-refractivity contribution in [3.63, 3.8) is 0 Å². The lowest BCUT2D eigenvalue weighted by Crippen LogP contribution is -2.13. The summed E-state index contributed by atoms with van der Waals surface area (Å²) >= 11 is 0. The molecule has 0 spiro atoms. The summed E-state index contributed by atoms with van der Waals surface area (Å²) in [5.74, 6) is 1.69. The summed E-state index contributed by atoms with van der Waals surface area (Å²) in [6.45, 7) is 6.60. The minimum absolute atomic E-state index is 0.811. The van der Waals surface area contributed by atoms with Crippen LogP contribution in [0.25, 0.3) is 0 Å². The molecule has 0 heterocycles. The number of hydrogen-bond acceptors (Lipinski definition) is 1. The van der Waals surface area contributed by atoms with Crippen LogP contribution in [-0.4, -0.2) is 13.2 Å². The average Bonchev–Trinajstić information content (AvgIpc) is 2.76. The summed E-state index contributed by atoms with van der Waals surface area (Å²) in [7, 11) is 0. The molecule has 0 radical (unpaired) electrons. The van der Waals surface area contributed by atoms with E-state index in [1.807, 2.05) is 0 Å². The van der Waals surface area contributed by atoms with Gasteiger partial charge < -0.3 is 4.74 Å². The van der Waals surface area contributed by atoms with Gasteiger partial charge in [0.05, 0.1) is 0 Å². The van der Waals surface area contributed by atoms with Gasteiger partial charge >= 0.3 is 0 Å². The Labute approximate surface area is 95.6 Å². The molecule has 0 aliphatic heterocycles. The van der Waals surface area contributed by atoms with Gasteiger partial charge in [0.15, 0.2) is 0 Å². The molecular weight excluding hydrogens is 184 g/mol. The molecule has 0 aromatic heterocycles. The van der Waals surface area contributed by atoms with Crippen LogP contribution >= 0.6 is 0 Å². The Morgan fingerprint density at radius 2 is 1.93 bits per heavy atom. The molecule has 0 aromatic carbocycles. The first kappa shape index (κ1) is 13.0. The molecule has 1 fully saturated rings. The fourth-order valence-electron chi connectivity index (χ4n) is 2.48. The highest BCUT2D eigenvalue weighted by Gasteiger charge is 2.15. The second kappa shape index (κ2) is 8.15. The van der Waals surface area contributed by atoms with Crippen LogP contribution < -0.4 is 0 Å². The molecule has 0 bridgehead atoms. The van der Waals surface area contributed by atoms with E-state index >= 15 is 0 Å².